The maximum Gasteiger partial charge on any atom is 0.346 e. The second kappa shape index (κ2) is 5.96. The molecule has 3 rings (SSSR count). The molecule has 0 saturated carbocycles. The minimum Gasteiger partial charge on any atom is -0.386 e. The zero-order valence-electron chi connectivity index (χ0n) is 11.0. The number of hydrogen-bond acceptors (Lipinski definition) is 6. The standard InChI is InChI=1S/C10H6O3.C5H4O3/c11-9-6-8(10(12)13-9)7-4-2-1-3-5-7;1-3-2-4(6)8-5(3)7/h1-6H;2H,1H3. The highest BCUT2D eigenvalue weighted by Crippen LogP contribution is 2.20. The van der Waals surface area contributed by atoms with Crippen LogP contribution in [0.5, 0.6) is 0 Å². The summed E-state index contributed by atoms with van der Waals surface area (Å²) >= 11 is 0. The van der Waals surface area contributed by atoms with Crippen molar-refractivity contribution in [3.05, 3.63) is 53.6 Å². The highest BCUT2D eigenvalue weighted by atomic mass is 16.6. The summed E-state index contributed by atoms with van der Waals surface area (Å²) in [6.45, 7) is 1.53. The molecule has 6 nitrogen and oxygen atoms in total. The van der Waals surface area contributed by atoms with E-state index in [1.54, 1.807) is 24.3 Å². The lowest BCUT2D eigenvalue weighted by molar-refractivity contribution is -0.152. The van der Waals surface area contributed by atoms with Gasteiger partial charge < -0.3 is 9.47 Å². The van der Waals surface area contributed by atoms with Crippen molar-refractivity contribution in [3.8, 4) is 0 Å². The van der Waals surface area contributed by atoms with Crippen molar-refractivity contribution in [1.82, 2.24) is 0 Å². The molecule has 0 atom stereocenters. The van der Waals surface area contributed by atoms with Crippen molar-refractivity contribution in [2.45, 2.75) is 6.92 Å². The Morgan fingerprint density at radius 3 is 1.71 bits per heavy atom. The highest BCUT2D eigenvalue weighted by Gasteiger charge is 2.24. The molecule has 0 N–H and O–H groups in total. The first-order chi connectivity index (χ1) is 9.97. The van der Waals surface area contributed by atoms with Crippen molar-refractivity contribution in [1.29, 1.82) is 0 Å². The Bertz CT molecular complexity index is 681. The Morgan fingerprint density at radius 1 is 0.762 bits per heavy atom. The normalized spacial score (nSPS) is 16.6. The van der Waals surface area contributed by atoms with Gasteiger partial charge in [-0.1, -0.05) is 30.3 Å². The number of cyclic esters (lactones) is 4. The van der Waals surface area contributed by atoms with Crippen LogP contribution in [0.2, 0.25) is 0 Å². The van der Waals surface area contributed by atoms with Crippen LogP contribution >= 0.6 is 0 Å². The lowest BCUT2D eigenvalue weighted by Gasteiger charge is -1.96. The van der Waals surface area contributed by atoms with Crippen LogP contribution in [-0.2, 0) is 28.7 Å². The summed E-state index contributed by atoms with van der Waals surface area (Å²) in [6.07, 6.45) is 2.38. The monoisotopic (exact) mass is 286 g/mol. The summed E-state index contributed by atoms with van der Waals surface area (Å²) in [5.74, 6) is -2.26. The minimum absolute atomic E-state index is 0.325. The van der Waals surface area contributed by atoms with Crippen molar-refractivity contribution >= 4 is 29.5 Å². The molecule has 21 heavy (non-hydrogen) atoms. The molecule has 0 unspecified atom stereocenters. The third-order valence-electron chi connectivity index (χ3n) is 2.61. The zero-order valence-corrected chi connectivity index (χ0v) is 11.0. The van der Waals surface area contributed by atoms with Crippen LogP contribution in [0.25, 0.3) is 5.57 Å². The third kappa shape index (κ3) is 3.50. The molecule has 0 aromatic heterocycles. The Hall–Kier alpha value is -3.02. The predicted molar refractivity (Wildman–Crippen MR) is 70.4 cm³/mol. The molecule has 0 aliphatic carbocycles. The number of esters is 4. The fourth-order valence-corrected chi connectivity index (χ4v) is 1.61. The molecule has 0 amide bonds. The van der Waals surface area contributed by atoms with E-state index in [1.165, 1.54) is 19.1 Å². The molecule has 1 aromatic carbocycles. The van der Waals surface area contributed by atoms with E-state index in [4.69, 9.17) is 0 Å². The molecule has 0 saturated heterocycles. The summed E-state index contributed by atoms with van der Waals surface area (Å²) in [5.41, 5.74) is 1.40. The number of benzene rings is 1. The van der Waals surface area contributed by atoms with Crippen LogP contribution in [0.4, 0.5) is 0 Å². The van der Waals surface area contributed by atoms with E-state index in [-0.39, 0.29) is 0 Å². The SMILES string of the molecule is CC1=CC(=O)OC1=O.O=C1C=C(c2ccccc2)C(=O)O1. The molecule has 0 fully saturated rings. The average molecular weight is 286 g/mol. The second-order valence-electron chi connectivity index (χ2n) is 4.17. The van der Waals surface area contributed by atoms with Crippen LogP contribution in [-0.4, -0.2) is 23.9 Å². The van der Waals surface area contributed by atoms with Gasteiger partial charge >= 0.3 is 23.9 Å². The zero-order chi connectivity index (χ0) is 15.4. The van der Waals surface area contributed by atoms with Crippen molar-refractivity contribution in [2.75, 3.05) is 0 Å². The van der Waals surface area contributed by atoms with Crippen LogP contribution in [0.3, 0.4) is 0 Å². The van der Waals surface area contributed by atoms with Gasteiger partial charge in [-0.15, -0.1) is 0 Å². The van der Waals surface area contributed by atoms with E-state index >= 15 is 0 Å². The fourth-order valence-electron chi connectivity index (χ4n) is 1.61. The van der Waals surface area contributed by atoms with Gasteiger partial charge in [0.2, 0.25) is 0 Å². The number of rotatable bonds is 1. The van der Waals surface area contributed by atoms with Gasteiger partial charge in [-0.3, -0.25) is 0 Å². The maximum absolute atomic E-state index is 11.1. The molecule has 0 bridgehead atoms. The van der Waals surface area contributed by atoms with Gasteiger partial charge in [0, 0.05) is 17.7 Å². The van der Waals surface area contributed by atoms with Gasteiger partial charge in [0.25, 0.3) is 0 Å². The first-order valence-electron chi connectivity index (χ1n) is 5.95. The van der Waals surface area contributed by atoms with Crippen LogP contribution in [0.15, 0.2) is 48.1 Å². The molecule has 0 radical (unpaired) electrons. The van der Waals surface area contributed by atoms with Gasteiger partial charge in [0.15, 0.2) is 0 Å². The molecule has 0 spiro atoms. The lowest BCUT2D eigenvalue weighted by atomic mass is 10.1. The smallest absolute Gasteiger partial charge is 0.346 e. The largest absolute Gasteiger partial charge is 0.386 e. The van der Waals surface area contributed by atoms with E-state index in [0.717, 1.165) is 0 Å². The van der Waals surface area contributed by atoms with Gasteiger partial charge in [0.1, 0.15) is 0 Å². The lowest BCUT2D eigenvalue weighted by Crippen LogP contribution is -2.00. The predicted octanol–water partition coefficient (Wildman–Crippen LogP) is 1.17. The number of carbonyl (C=O) groups excluding carboxylic acids is 4. The Kier molecular flexibility index (Phi) is 4.08. The molecule has 1 aromatic rings. The fraction of sp³-hybridized carbons (Fsp3) is 0.0667. The molecule has 2 aliphatic heterocycles. The number of hydrogen-bond donors (Lipinski definition) is 0. The summed E-state index contributed by atoms with van der Waals surface area (Å²) in [6, 6.07) is 8.95. The Morgan fingerprint density at radius 2 is 1.33 bits per heavy atom. The van der Waals surface area contributed by atoms with E-state index in [0.29, 0.717) is 16.7 Å². The highest BCUT2D eigenvalue weighted by molar-refractivity contribution is 6.28. The van der Waals surface area contributed by atoms with Crippen molar-refractivity contribution < 1.29 is 28.7 Å². The molecule has 6 heteroatoms. The summed E-state index contributed by atoms with van der Waals surface area (Å²) in [7, 11) is 0. The molecule has 2 aliphatic rings. The minimum atomic E-state index is -0.594. The Balaban J connectivity index is 0.000000173. The topological polar surface area (TPSA) is 86.7 Å². The van der Waals surface area contributed by atoms with E-state index in [1.807, 2.05) is 6.07 Å². The van der Waals surface area contributed by atoms with Crippen molar-refractivity contribution in [3.63, 3.8) is 0 Å². The molecular weight excluding hydrogens is 276 g/mol. The van der Waals surface area contributed by atoms with Crippen LogP contribution < -0.4 is 0 Å². The first-order valence-corrected chi connectivity index (χ1v) is 5.95. The Labute approximate surface area is 119 Å². The van der Waals surface area contributed by atoms with Crippen LogP contribution in [0.1, 0.15) is 12.5 Å². The van der Waals surface area contributed by atoms with Gasteiger partial charge in [-0.25, -0.2) is 19.2 Å². The van der Waals surface area contributed by atoms with E-state index in [9.17, 15) is 19.2 Å². The quantitative estimate of drug-likeness (QED) is 0.569. The third-order valence-corrected chi connectivity index (χ3v) is 2.61. The first kappa shape index (κ1) is 14.4. The maximum atomic E-state index is 11.1. The van der Waals surface area contributed by atoms with E-state index < -0.39 is 23.9 Å². The van der Waals surface area contributed by atoms with Crippen molar-refractivity contribution in [2.24, 2.45) is 0 Å². The molecule has 106 valence electrons. The van der Waals surface area contributed by atoms with Gasteiger partial charge in [0.05, 0.1) is 5.57 Å². The van der Waals surface area contributed by atoms with Crippen LogP contribution in [0, 0.1) is 0 Å². The summed E-state index contributed by atoms with van der Waals surface area (Å²) in [5, 5.41) is 0. The van der Waals surface area contributed by atoms with E-state index in [2.05, 4.69) is 9.47 Å². The number of carbonyl (C=O) groups is 4. The molecular formula is C15H10O6. The number of ether oxygens (including phenoxy) is 2. The average Bonchev–Trinajstić information content (AvgIpc) is 2.93. The van der Waals surface area contributed by atoms with Gasteiger partial charge in [-0.05, 0) is 12.5 Å². The molecule has 2 heterocycles. The second-order valence-corrected chi connectivity index (χ2v) is 4.17. The summed E-state index contributed by atoms with van der Waals surface area (Å²) in [4.78, 5) is 42.2. The van der Waals surface area contributed by atoms with Gasteiger partial charge in [-0.2, -0.15) is 0 Å². The summed E-state index contributed by atoms with van der Waals surface area (Å²) < 4.78 is 8.46.